The third kappa shape index (κ3) is 5.71. The van der Waals surface area contributed by atoms with Crippen molar-refractivity contribution in [2.45, 2.75) is 76.3 Å². The molecular weight excluding hydrogens is 453 g/mol. The molecule has 1 aromatic heterocycles. The fraction of sp³-hybridized carbons (Fsp3) is 0.538. The maximum absolute atomic E-state index is 13.6. The molecule has 2 N–H and O–H groups in total. The van der Waals surface area contributed by atoms with Crippen LogP contribution in [-0.4, -0.2) is 68.6 Å². The molecule has 0 saturated heterocycles. The average molecular weight is 486 g/mol. The van der Waals surface area contributed by atoms with Gasteiger partial charge in [-0.15, -0.1) is 0 Å². The van der Waals surface area contributed by atoms with E-state index < -0.39 is 36.6 Å². The minimum absolute atomic E-state index is 0.0178. The molecule has 2 aromatic rings. The summed E-state index contributed by atoms with van der Waals surface area (Å²) in [6.45, 7) is -1.21. The fourth-order valence-electron chi connectivity index (χ4n) is 5.58. The SMILES string of the molecule is O=C(O)CN(CC(=O)N(C1CCCCC1)C1CCCCC1)C(=O)C(=O)c1c[nH]c2cc(F)ccc12. The monoisotopic (exact) mass is 485 g/mol. The number of H-pyrrole nitrogens is 1. The van der Waals surface area contributed by atoms with Gasteiger partial charge in [-0.2, -0.15) is 0 Å². The van der Waals surface area contributed by atoms with Crippen molar-refractivity contribution < 1.29 is 28.7 Å². The number of hydrogen-bond acceptors (Lipinski definition) is 4. The van der Waals surface area contributed by atoms with Gasteiger partial charge in [-0.25, -0.2) is 4.39 Å². The molecule has 8 nitrogen and oxygen atoms in total. The number of ketones is 1. The predicted molar refractivity (Wildman–Crippen MR) is 127 cm³/mol. The number of Topliss-reactive ketones (excluding diaryl/α,β-unsaturated/α-hetero) is 1. The molecule has 0 aliphatic heterocycles. The molecule has 0 spiro atoms. The number of aromatic amines is 1. The van der Waals surface area contributed by atoms with Gasteiger partial charge in [-0.05, 0) is 43.9 Å². The number of rotatable bonds is 8. The van der Waals surface area contributed by atoms with Crippen molar-refractivity contribution >= 4 is 34.5 Å². The van der Waals surface area contributed by atoms with Gasteiger partial charge in [0.25, 0.3) is 11.7 Å². The maximum atomic E-state index is 13.6. The fourth-order valence-corrected chi connectivity index (χ4v) is 5.58. The van der Waals surface area contributed by atoms with E-state index in [0.29, 0.717) is 10.9 Å². The normalized spacial score (nSPS) is 17.3. The smallest absolute Gasteiger partial charge is 0.323 e. The van der Waals surface area contributed by atoms with Gasteiger partial charge in [0.2, 0.25) is 5.91 Å². The van der Waals surface area contributed by atoms with Crippen LogP contribution in [0.1, 0.15) is 74.6 Å². The van der Waals surface area contributed by atoms with Crippen LogP contribution in [0, 0.1) is 5.82 Å². The van der Waals surface area contributed by atoms with Gasteiger partial charge in [-0.3, -0.25) is 19.2 Å². The molecule has 35 heavy (non-hydrogen) atoms. The third-order valence-electron chi connectivity index (χ3n) is 7.25. The molecular formula is C26H32FN3O5. The Hall–Kier alpha value is -3.23. The van der Waals surface area contributed by atoms with Crippen molar-refractivity contribution in [1.29, 1.82) is 0 Å². The first-order valence-corrected chi connectivity index (χ1v) is 12.5. The van der Waals surface area contributed by atoms with E-state index in [9.17, 15) is 28.7 Å². The Morgan fingerprint density at radius 2 is 1.51 bits per heavy atom. The number of hydrogen-bond donors (Lipinski definition) is 2. The number of halogens is 1. The van der Waals surface area contributed by atoms with Gasteiger partial charge in [-0.1, -0.05) is 38.5 Å². The molecule has 2 fully saturated rings. The second-order valence-electron chi connectivity index (χ2n) is 9.66. The number of nitrogens with one attached hydrogen (secondary N) is 1. The number of aliphatic carboxylic acids is 1. The molecule has 2 aliphatic rings. The van der Waals surface area contributed by atoms with Crippen molar-refractivity contribution in [1.82, 2.24) is 14.8 Å². The summed E-state index contributed by atoms with van der Waals surface area (Å²) in [4.78, 5) is 56.8. The summed E-state index contributed by atoms with van der Waals surface area (Å²) in [5.41, 5.74) is 0.368. The lowest BCUT2D eigenvalue weighted by Gasteiger charge is -2.42. The second-order valence-corrected chi connectivity index (χ2v) is 9.66. The standard InChI is InChI=1S/C26H32FN3O5/c27-17-11-12-20-21(14-28-22(20)13-17)25(34)26(35)29(16-24(32)33)15-23(31)30(18-7-3-1-4-8-18)19-9-5-2-6-10-19/h11-14,18-19,28H,1-10,15-16H2,(H,32,33). The number of nitrogens with zero attached hydrogens (tertiary/aromatic N) is 2. The van der Waals surface area contributed by atoms with Crippen molar-refractivity contribution in [2.24, 2.45) is 0 Å². The molecule has 0 bridgehead atoms. The maximum Gasteiger partial charge on any atom is 0.323 e. The number of benzene rings is 1. The van der Waals surface area contributed by atoms with Gasteiger partial charge in [0, 0.05) is 29.2 Å². The van der Waals surface area contributed by atoms with Gasteiger partial charge < -0.3 is 19.9 Å². The molecule has 188 valence electrons. The van der Waals surface area contributed by atoms with Crippen molar-refractivity contribution in [2.75, 3.05) is 13.1 Å². The van der Waals surface area contributed by atoms with Gasteiger partial charge >= 0.3 is 5.97 Å². The number of amides is 2. The van der Waals surface area contributed by atoms with E-state index in [1.807, 2.05) is 4.90 Å². The highest BCUT2D eigenvalue weighted by Crippen LogP contribution is 2.30. The Kier molecular flexibility index (Phi) is 7.83. The number of carboxylic acid groups (broad SMARTS) is 1. The molecule has 9 heteroatoms. The van der Waals surface area contributed by atoms with Crippen LogP contribution in [-0.2, 0) is 14.4 Å². The summed E-state index contributed by atoms with van der Waals surface area (Å²) in [5, 5.41) is 9.78. The molecule has 1 aromatic carbocycles. The lowest BCUT2D eigenvalue weighted by molar-refractivity contribution is -0.147. The Morgan fingerprint density at radius 3 is 2.09 bits per heavy atom. The number of carbonyl (C=O) groups excluding carboxylic acids is 3. The molecule has 2 saturated carbocycles. The molecule has 2 amide bonds. The predicted octanol–water partition coefficient (Wildman–Crippen LogP) is 3.90. The highest BCUT2D eigenvalue weighted by molar-refractivity contribution is 6.45. The van der Waals surface area contributed by atoms with Crippen LogP contribution in [0.5, 0.6) is 0 Å². The molecule has 0 radical (unpaired) electrons. The molecule has 4 rings (SSSR count). The van der Waals surface area contributed by atoms with E-state index in [4.69, 9.17) is 0 Å². The largest absolute Gasteiger partial charge is 0.480 e. The first kappa shape index (κ1) is 24.9. The Labute approximate surface area is 203 Å². The molecule has 0 unspecified atom stereocenters. The first-order chi connectivity index (χ1) is 16.8. The topological polar surface area (TPSA) is 111 Å². The van der Waals surface area contributed by atoms with Gasteiger partial charge in [0.05, 0.1) is 5.56 Å². The van der Waals surface area contributed by atoms with Crippen LogP contribution >= 0.6 is 0 Å². The Morgan fingerprint density at radius 1 is 0.914 bits per heavy atom. The lowest BCUT2D eigenvalue weighted by Crippen LogP contribution is -2.54. The van der Waals surface area contributed by atoms with E-state index in [0.717, 1.165) is 69.1 Å². The second kappa shape index (κ2) is 11.0. The van der Waals surface area contributed by atoms with E-state index in [-0.39, 0.29) is 23.6 Å². The van der Waals surface area contributed by atoms with Crippen LogP contribution in [0.15, 0.2) is 24.4 Å². The van der Waals surface area contributed by atoms with Crippen LogP contribution < -0.4 is 0 Å². The Bertz CT molecular complexity index is 1080. The summed E-state index contributed by atoms with van der Waals surface area (Å²) in [6, 6.07) is 3.95. The first-order valence-electron chi connectivity index (χ1n) is 12.5. The minimum Gasteiger partial charge on any atom is -0.480 e. The lowest BCUT2D eigenvalue weighted by atomic mass is 9.88. The highest BCUT2D eigenvalue weighted by atomic mass is 19.1. The van der Waals surface area contributed by atoms with Gasteiger partial charge in [0.15, 0.2) is 0 Å². The minimum atomic E-state index is -1.30. The Balaban J connectivity index is 1.56. The van der Waals surface area contributed by atoms with Crippen molar-refractivity contribution in [3.05, 3.63) is 35.8 Å². The molecule has 2 aliphatic carbocycles. The number of aromatic nitrogens is 1. The van der Waals surface area contributed by atoms with E-state index in [1.54, 1.807) is 0 Å². The summed E-state index contributed by atoms with van der Waals surface area (Å²) in [7, 11) is 0. The highest BCUT2D eigenvalue weighted by Gasteiger charge is 2.35. The van der Waals surface area contributed by atoms with Crippen LogP contribution in [0.3, 0.4) is 0 Å². The zero-order valence-corrected chi connectivity index (χ0v) is 19.8. The van der Waals surface area contributed by atoms with Crippen LogP contribution in [0.25, 0.3) is 10.9 Å². The summed E-state index contributed by atoms with van der Waals surface area (Å²) >= 11 is 0. The van der Waals surface area contributed by atoms with E-state index in [1.165, 1.54) is 24.4 Å². The van der Waals surface area contributed by atoms with Crippen LogP contribution in [0.2, 0.25) is 0 Å². The quantitative estimate of drug-likeness (QED) is 0.435. The van der Waals surface area contributed by atoms with Gasteiger partial charge in [0.1, 0.15) is 18.9 Å². The zero-order chi connectivity index (χ0) is 24.9. The van der Waals surface area contributed by atoms with Crippen molar-refractivity contribution in [3.63, 3.8) is 0 Å². The summed E-state index contributed by atoms with van der Waals surface area (Å²) in [5.74, 6) is -4.08. The third-order valence-corrected chi connectivity index (χ3v) is 7.25. The summed E-state index contributed by atoms with van der Waals surface area (Å²) < 4.78 is 13.5. The average Bonchev–Trinajstić information content (AvgIpc) is 3.27. The van der Waals surface area contributed by atoms with Crippen molar-refractivity contribution in [3.8, 4) is 0 Å². The number of carboxylic acids is 1. The number of fused-ring (bicyclic) bond motifs is 1. The number of carbonyl (C=O) groups is 4. The zero-order valence-electron chi connectivity index (χ0n) is 19.8. The van der Waals surface area contributed by atoms with E-state index >= 15 is 0 Å². The molecule has 1 heterocycles. The summed E-state index contributed by atoms with van der Waals surface area (Å²) in [6.07, 6.45) is 11.3. The van der Waals surface area contributed by atoms with Crippen LogP contribution in [0.4, 0.5) is 4.39 Å². The molecule has 0 atom stereocenters. The van der Waals surface area contributed by atoms with E-state index in [2.05, 4.69) is 4.98 Å².